The molecule has 1 amide bonds. The van der Waals surface area contributed by atoms with Gasteiger partial charge in [0.1, 0.15) is 17.1 Å². The van der Waals surface area contributed by atoms with Gasteiger partial charge in [-0.2, -0.15) is 13.2 Å². The number of hydrogen-bond acceptors (Lipinski definition) is 5. The maximum atomic E-state index is 13.8. The Labute approximate surface area is 214 Å². The van der Waals surface area contributed by atoms with Gasteiger partial charge in [0.25, 0.3) is 11.7 Å². The van der Waals surface area contributed by atoms with Crippen LogP contribution in [0.2, 0.25) is 0 Å². The van der Waals surface area contributed by atoms with Gasteiger partial charge in [-0.3, -0.25) is 9.59 Å². The van der Waals surface area contributed by atoms with Gasteiger partial charge in [-0.05, 0) is 48.2 Å². The van der Waals surface area contributed by atoms with Gasteiger partial charge < -0.3 is 19.2 Å². The van der Waals surface area contributed by atoms with Crippen LogP contribution in [-0.2, 0) is 11.0 Å². The van der Waals surface area contributed by atoms with Crippen LogP contribution in [0.1, 0.15) is 11.3 Å². The summed E-state index contributed by atoms with van der Waals surface area (Å²) < 4.78 is 57.4. The van der Waals surface area contributed by atoms with E-state index in [2.05, 4.69) is 5.32 Å². The zero-order chi connectivity index (χ0) is 26.9. The summed E-state index contributed by atoms with van der Waals surface area (Å²) in [4.78, 5) is 25.5. The number of hydrogen-bond donors (Lipinski definition) is 1. The first kappa shape index (κ1) is 24.9. The Morgan fingerprint density at radius 3 is 2.45 bits per heavy atom. The van der Waals surface area contributed by atoms with Crippen molar-refractivity contribution >= 4 is 33.3 Å². The number of fused-ring (bicyclic) bond motifs is 2. The molecule has 1 aromatic heterocycles. The lowest BCUT2D eigenvalue weighted by molar-refractivity contribution is -0.154. The molecular formula is C29H20F3NO5. The summed E-state index contributed by atoms with van der Waals surface area (Å²) in [5.41, 5.74) is -0.00381. The fourth-order valence-corrected chi connectivity index (χ4v) is 3.99. The number of amides is 1. The number of alkyl halides is 3. The Morgan fingerprint density at radius 1 is 0.895 bits per heavy atom. The minimum absolute atomic E-state index is 0.0502. The molecule has 9 heteroatoms. The number of carbonyl (C=O) groups excluding carboxylic acids is 1. The van der Waals surface area contributed by atoms with Crippen LogP contribution in [0.3, 0.4) is 0 Å². The van der Waals surface area contributed by atoms with Gasteiger partial charge in [0.05, 0.1) is 5.39 Å². The molecule has 0 aliphatic heterocycles. The number of nitrogens with one attached hydrogen (secondary N) is 1. The molecule has 5 aromatic rings. The number of aryl methyl sites for hydroxylation is 1. The molecule has 0 aliphatic carbocycles. The number of benzene rings is 4. The molecule has 0 unspecified atom stereocenters. The Kier molecular flexibility index (Phi) is 6.50. The zero-order valence-corrected chi connectivity index (χ0v) is 20.0. The van der Waals surface area contributed by atoms with Crippen LogP contribution in [0.4, 0.5) is 18.9 Å². The van der Waals surface area contributed by atoms with Crippen LogP contribution in [0.15, 0.2) is 94.1 Å². The van der Waals surface area contributed by atoms with Crippen molar-refractivity contribution in [3.05, 3.63) is 106 Å². The topological polar surface area (TPSA) is 77.8 Å². The van der Waals surface area contributed by atoms with Gasteiger partial charge in [0, 0.05) is 17.1 Å². The summed E-state index contributed by atoms with van der Waals surface area (Å²) in [5, 5.41) is 4.42. The first-order chi connectivity index (χ1) is 18.2. The second-order valence-electron chi connectivity index (χ2n) is 8.53. The lowest BCUT2D eigenvalue weighted by Crippen LogP contribution is -2.20. The van der Waals surface area contributed by atoms with Crippen LogP contribution >= 0.6 is 0 Å². The molecule has 0 saturated carbocycles. The van der Waals surface area contributed by atoms with E-state index in [1.807, 2.05) is 30.3 Å². The maximum absolute atomic E-state index is 13.8. The van der Waals surface area contributed by atoms with E-state index >= 15 is 0 Å². The van der Waals surface area contributed by atoms with Crippen molar-refractivity contribution in [3.8, 4) is 17.2 Å². The third-order valence-electron chi connectivity index (χ3n) is 5.72. The molecule has 0 atom stereocenters. The van der Waals surface area contributed by atoms with Gasteiger partial charge in [0.15, 0.2) is 6.61 Å². The zero-order valence-electron chi connectivity index (χ0n) is 20.0. The molecule has 0 bridgehead atoms. The van der Waals surface area contributed by atoms with E-state index < -0.39 is 35.6 Å². The van der Waals surface area contributed by atoms with E-state index in [1.165, 1.54) is 24.3 Å². The van der Waals surface area contributed by atoms with E-state index in [4.69, 9.17) is 13.9 Å². The number of ether oxygens (including phenoxy) is 2. The molecule has 0 fully saturated rings. The maximum Gasteiger partial charge on any atom is 0.453 e. The van der Waals surface area contributed by atoms with E-state index in [-0.39, 0.29) is 22.5 Å². The predicted octanol–water partition coefficient (Wildman–Crippen LogP) is 7.08. The summed E-state index contributed by atoms with van der Waals surface area (Å²) in [7, 11) is 0. The molecular weight excluding hydrogens is 499 g/mol. The van der Waals surface area contributed by atoms with E-state index in [1.54, 1.807) is 31.2 Å². The van der Waals surface area contributed by atoms with Crippen LogP contribution < -0.4 is 20.2 Å². The summed E-state index contributed by atoms with van der Waals surface area (Å²) in [6, 6.07) is 23.0. The molecule has 0 radical (unpaired) electrons. The molecule has 38 heavy (non-hydrogen) atoms. The number of carbonyl (C=O) groups is 1. The number of anilines is 1. The molecule has 0 saturated heterocycles. The standard InChI is InChI=1S/C29H20F3NO5/c1-17-6-4-9-20(14-17)37-27-26(35)22-13-12-19(15-24(22)38-28(27)29(30,31)32)36-16-25(34)33-23-11-5-8-18-7-2-3-10-21(18)23/h2-15H,16H2,1H3,(H,33,34). The highest BCUT2D eigenvalue weighted by molar-refractivity contribution is 6.02. The molecule has 6 nitrogen and oxygen atoms in total. The molecule has 1 N–H and O–H groups in total. The van der Waals surface area contributed by atoms with Gasteiger partial charge in [-0.1, -0.05) is 48.5 Å². The van der Waals surface area contributed by atoms with Crippen LogP contribution in [0, 0.1) is 6.92 Å². The fourth-order valence-electron chi connectivity index (χ4n) is 3.99. The lowest BCUT2D eigenvalue weighted by Gasteiger charge is -2.14. The van der Waals surface area contributed by atoms with Gasteiger partial charge >= 0.3 is 6.18 Å². The Bertz CT molecular complexity index is 1720. The summed E-state index contributed by atoms with van der Waals surface area (Å²) in [6.45, 7) is 1.32. The second kappa shape index (κ2) is 9.93. The third kappa shape index (κ3) is 5.17. The smallest absolute Gasteiger partial charge is 0.453 e. The van der Waals surface area contributed by atoms with Crippen molar-refractivity contribution in [2.75, 3.05) is 11.9 Å². The van der Waals surface area contributed by atoms with Crippen molar-refractivity contribution in [1.82, 2.24) is 0 Å². The summed E-state index contributed by atoms with van der Waals surface area (Å²) in [6.07, 6.45) is -5.00. The molecule has 4 aromatic carbocycles. The Balaban J connectivity index is 1.40. The van der Waals surface area contributed by atoms with Crippen LogP contribution in [0.5, 0.6) is 17.2 Å². The minimum Gasteiger partial charge on any atom is -0.484 e. The molecule has 192 valence electrons. The quantitative estimate of drug-likeness (QED) is 0.259. The number of halogens is 3. The van der Waals surface area contributed by atoms with Crippen molar-refractivity contribution in [2.45, 2.75) is 13.1 Å². The number of rotatable bonds is 6. The normalized spacial score (nSPS) is 11.5. The molecule has 0 aliphatic rings. The first-order valence-electron chi connectivity index (χ1n) is 11.5. The van der Waals surface area contributed by atoms with E-state index in [0.717, 1.165) is 22.4 Å². The van der Waals surface area contributed by atoms with Crippen LogP contribution in [-0.4, -0.2) is 12.5 Å². The SMILES string of the molecule is Cc1cccc(Oc2c(C(F)(F)F)oc3cc(OCC(=O)Nc4cccc5ccccc45)ccc3c2=O)c1. The van der Waals surface area contributed by atoms with E-state index in [0.29, 0.717) is 5.69 Å². The Morgan fingerprint density at radius 2 is 1.66 bits per heavy atom. The van der Waals surface area contributed by atoms with Gasteiger partial charge in [-0.15, -0.1) is 0 Å². The summed E-state index contributed by atoms with van der Waals surface area (Å²) in [5.74, 6) is -2.88. The highest BCUT2D eigenvalue weighted by Gasteiger charge is 2.40. The predicted molar refractivity (Wildman–Crippen MR) is 137 cm³/mol. The largest absolute Gasteiger partial charge is 0.484 e. The van der Waals surface area contributed by atoms with Crippen molar-refractivity contribution < 1.29 is 31.9 Å². The highest BCUT2D eigenvalue weighted by atomic mass is 19.4. The molecule has 1 heterocycles. The van der Waals surface area contributed by atoms with Crippen molar-refractivity contribution in [2.24, 2.45) is 0 Å². The fraction of sp³-hybridized carbons (Fsp3) is 0.103. The van der Waals surface area contributed by atoms with Crippen molar-refractivity contribution in [3.63, 3.8) is 0 Å². The highest BCUT2D eigenvalue weighted by Crippen LogP contribution is 2.38. The van der Waals surface area contributed by atoms with Crippen molar-refractivity contribution in [1.29, 1.82) is 0 Å². The molecule has 5 rings (SSSR count). The summed E-state index contributed by atoms with van der Waals surface area (Å²) >= 11 is 0. The minimum atomic E-state index is -5.00. The van der Waals surface area contributed by atoms with Crippen LogP contribution in [0.25, 0.3) is 21.7 Å². The molecule has 0 spiro atoms. The third-order valence-corrected chi connectivity index (χ3v) is 5.72. The monoisotopic (exact) mass is 519 g/mol. The average molecular weight is 519 g/mol. The van der Waals surface area contributed by atoms with Gasteiger partial charge in [-0.25, -0.2) is 0 Å². The first-order valence-corrected chi connectivity index (χ1v) is 11.5. The lowest BCUT2D eigenvalue weighted by atomic mass is 10.1. The average Bonchev–Trinajstić information content (AvgIpc) is 2.88. The van der Waals surface area contributed by atoms with Gasteiger partial charge in [0.2, 0.25) is 11.2 Å². The Hall–Kier alpha value is -4.79. The second-order valence-corrected chi connectivity index (χ2v) is 8.53. The van der Waals surface area contributed by atoms with E-state index in [9.17, 15) is 22.8 Å².